The van der Waals surface area contributed by atoms with Crippen molar-refractivity contribution in [3.8, 4) is 0 Å². The highest BCUT2D eigenvalue weighted by atomic mass is 16.5. The van der Waals surface area contributed by atoms with Gasteiger partial charge in [-0.2, -0.15) is 5.10 Å². The van der Waals surface area contributed by atoms with Crippen LogP contribution < -0.4 is 0 Å². The third-order valence-corrected chi connectivity index (χ3v) is 4.61. The van der Waals surface area contributed by atoms with Crippen LogP contribution in [0.4, 0.5) is 0 Å². The van der Waals surface area contributed by atoms with Gasteiger partial charge in [-0.25, -0.2) is 9.97 Å². The Morgan fingerprint density at radius 3 is 3.23 bits per heavy atom. The van der Waals surface area contributed by atoms with Crippen LogP contribution in [0.15, 0.2) is 18.9 Å². The summed E-state index contributed by atoms with van der Waals surface area (Å²) in [5.74, 6) is 1.72. The first-order valence-electron chi connectivity index (χ1n) is 8.04. The third kappa shape index (κ3) is 2.91. The molecule has 1 fully saturated rings. The molecule has 0 aliphatic carbocycles. The lowest BCUT2D eigenvalue weighted by atomic mass is 9.98. The maximum Gasteiger partial charge on any atom is 0.137 e. The number of nitrogens with zero attached hydrogens (tertiary/aromatic N) is 6. The highest BCUT2D eigenvalue weighted by Gasteiger charge is 2.23. The van der Waals surface area contributed by atoms with E-state index in [1.807, 2.05) is 17.2 Å². The van der Waals surface area contributed by atoms with E-state index in [0.717, 1.165) is 38.6 Å². The van der Waals surface area contributed by atoms with E-state index in [1.54, 1.807) is 6.33 Å². The van der Waals surface area contributed by atoms with Crippen molar-refractivity contribution in [2.45, 2.75) is 39.1 Å². The molecule has 0 radical (unpaired) electrons. The topological polar surface area (TPSA) is 61.0 Å². The van der Waals surface area contributed by atoms with E-state index in [-0.39, 0.29) is 0 Å². The highest BCUT2D eigenvalue weighted by molar-refractivity contribution is 5.06. The van der Waals surface area contributed by atoms with Gasteiger partial charge in [0.1, 0.15) is 25.1 Å². The van der Waals surface area contributed by atoms with Gasteiger partial charge in [0.2, 0.25) is 0 Å². The molecule has 0 spiro atoms. The van der Waals surface area contributed by atoms with Gasteiger partial charge in [-0.05, 0) is 25.3 Å². The Morgan fingerprint density at radius 2 is 2.32 bits per heavy atom. The van der Waals surface area contributed by atoms with E-state index in [9.17, 15) is 0 Å². The van der Waals surface area contributed by atoms with Crippen LogP contribution in [0, 0.1) is 5.92 Å². The molecule has 1 saturated heterocycles. The molecule has 2 aliphatic heterocycles. The van der Waals surface area contributed by atoms with Crippen LogP contribution in [0.2, 0.25) is 0 Å². The first kappa shape index (κ1) is 13.9. The summed E-state index contributed by atoms with van der Waals surface area (Å²) in [6.45, 7) is 6.62. The van der Waals surface area contributed by atoms with Crippen LogP contribution in [0.3, 0.4) is 0 Å². The van der Waals surface area contributed by atoms with Crippen molar-refractivity contribution in [1.29, 1.82) is 0 Å². The maximum absolute atomic E-state index is 5.46. The van der Waals surface area contributed by atoms with Crippen molar-refractivity contribution in [2.24, 2.45) is 5.92 Å². The molecular weight excluding hydrogens is 280 g/mol. The van der Waals surface area contributed by atoms with Gasteiger partial charge in [-0.15, -0.1) is 0 Å². The zero-order valence-electron chi connectivity index (χ0n) is 12.8. The van der Waals surface area contributed by atoms with Gasteiger partial charge in [0.05, 0.1) is 12.3 Å². The number of hydrogen-bond acceptors (Lipinski definition) is 5. The van der Waals surface area contributed by atoms with Crippen molar-refractivity contribution in [3.05, 3.63) is 30.4 Å². The van der Waals surface area contributed by atoms with Gasteiger partial charge in [0.15, 0.2) is 0 Å². The Labute approximate surface area is 129 Å². The highest BCUT2D eigenvalue weighted by Crippen LogP contribution is 2.21. The molecule has 0 saturated carbocycles. The summed E-state index contributed by atoms with van der Waals surface area (Å²) in [6, 6.07) is 0. The minimum absolute atomic E-state index is 0.648. The van der Waals surface area contributed by atoms with Crippen molar-refractivity contribution in [1.82, 2.24) is 29.2 Å². The minimum Gasteiger partial charge on any atom is -0.372 e. The van der Waals surface area contributed by atoms with Crippen LogP contribution >= 0.6 is 0 Å². The quantitative estimate of drug-likeness (QED) is 0.840. The molecule has 2 aliphatic rings. The van der Waals surface area contributed by atoms with Crippen LogP contribution in [-0.2, 0) is 31.0 Å². The molecule has 7 heteroatoms. The molecule has 0 bridgehead atoms. The number of piperidine rings is 1. The van der Waals surface area contributed by atoms with Gasteiger partial charge >= 0.3 is 0 Å². The molecule has 0 N–H and O–H groups in total. The minimum atomic E-state index is 0.648. The van der Waals surface area contributed by atoms with Gasteiger partial charge in [0, 0.05) is 32.4 Å². The van der Waals surface area contributed by atoms with Crippen molar-refractivity contribution in [3.63, 3.8) is 0 Å². The van der Waals surface area contributed by atoms with E-state index >= 15 is 0 Å². The summed E-state index contributed by atoms with van der Waals surface area (Å²) in [6.07, 6.45) is 7.97. The lowest BCUT2D eigenvalue weighted by molar-refractivity contribution is 0.0785. The average molecular weight is 302 g/mol. The number of fused-ring (bicyclic) bond motifs is 1. The molecule has 4 heterocycles. The fraction of sp³-hybridized carbons (Fsp3) is 0.667. The second-order valence-corrected chi connectivity index (χ2v) is 6.23. The fourth-order valence-corrected chi connectivity index (χ4v) is 3.55. The zero-order chi connectivity index (χ0) is 14.8. The fourth-order valence-electron chi connectivity index (χ4n) is 3.55. The van der Waals surface area contributed by atoms with Crippen LogP contribution in [0.25, 0.3) is 0 Å². The first-order valence-corrected chi connectivity index (χ1v) is 8.04. The van der Waals surface area contributed by atoms with Gasteiger partial charge in [-0.1, -0.05) is 0 Å². The first-order chi connectivity index (χ1) is 10.9. The second-order valence-electron chi connectivity index (χ2n) is 6.23. The van der Waals surface area contributed by atoms with Gasteiger partial charge in [0.25, 0.3) is 0 Å². The number of imidazole rings is 1. The molecule has 2 aromatic rings. The summed E-state index contributed by atoms with van der Waals surface area (Å²) >= 11 is 0. The number of aromatic nitrogens is 5. The Bertz CT molecular complexity index is 608. The van der Waals surface area contributed by atoms with Crippen LogP contribution in [0.1, 0.15) is 24.4 Å². The Hall–Kier alpha value is -1.73. The zero-order valence-corrected chi connectivity index (χ0v) is 12.8. The molecular formula is C15H22N6O. The summed E-state index contributed by atoms with van der Waals surface area (Å²) in [5.41, 5.74) is 1.32. The summed E-state index contributed by atoms with van der Waals surface area (Å²) in [7, 11) is 0. The van der Waals surface area contributed by atoms with E-state index in [1.165, 1.54) is 25.1 Å². The number of rotatable bonds is 4. The van der Waals surface area contributed by atoms with E-state index in [0.29, 0.717) is 12.5 Å². The van der Waals surface area contributed by atoms with Crippen molar-refractivity contribution >= 4 is 0 Å². The Morgan fingerprint density at radius 1 is 1.32 bits per heavy atom. The molecule has 22 heavy (non-hydrogen) atoms. The molecule has 0 amide bonds. The Balaban J connectivity index is 1.39. The second kappa shape index (κ2) is 6.18. The van der Waals surface area contributed by atoms with E-state index < -0.39 is 0 Å². The standard InChI is InChI=1S/C15H22N6O/c1-2-13(8-20-12-16-11-18-20)7-19(3-1)9-14-6-17-15-10-22-5-4-21(14)15/h6,11-13H,1-5,7-10H2. The lowest BCUT2D eigenvalue weighted by Gasteiger charge is -2.33. The monoisotopic (exact) mass is 302 g/mol. The molecule has 118 valence electrons. The molecule has 7 nitrogen and oxygen atoms in total. The van der Waals surface area contributed by atoms with Crippen LogP contribution in [-0.4, -0.2) is 48.9 Å². The molecule has 4 rings (SSSR count). The SMILES string of the molecule is c1ncn(CC2CCCN(Cc3cnc4n3CCOC4)C2)n1. The largest absolute Gasteiger partial charge is 0.372 e. The summed E-state index contributed by atoms with van der Waals surface area (Å²) in [4.78, 5) is 11.1. The van der Waals surface area contributed by atoms with E-state index in [4.69, 9.17) is 4.74 Å². The van der Waals surface area contributed by atoms with Crippen LogP contribution in [0.5, 0.6) is 0 Å². The summed E-state index contributed by atoms with van der Waals surface area (Å²) in [5, 5.41) is 4.23. The smallest absolute Gasteiger partial charge is 0.137 e. The molecule has 2 aromatic heterocycles. The molecule has 0 aromatic carbocycles. The van der Waals surface area contributed by atoms with Crippen molar-refractivity contribution in [2.75, 3.05) is 19.7 Å². The predicted molar refractivity (Wildman–Crippen MR) is 79.9 cm³/mol. The predicted octanol–water partition coefficient (Wildman–Crippen LogP) is 0.917. The summed E-state index contributed by atoms with van der Waals surface area (Å²) < 4.78 is 9.74. The van der Waals surface area contributed by atoms with Gasteiger partial charge < -0.3 is 9.30 Å². The molecule has 1 unspecified atom stereocenters. The Kier molecular flexibility index (Phi) is 3.90. The number of likely N-dealkylation sites (tertiary alicyclic amines) is 1. The maximum atomic E-state index is 5.46. The van der Waals surface area contributed by atoms with E-state index in [2.05, 4.69) is 24.5 Å². The number of ether oxygens (including phenoxy) is 1. The average Bonchev–Trinajstić information content (AvgIpc) is 3.18. The molecule has 1 atom stereocenters. The third-order valence-electron chi connectivity index (χ3n) is 4.61. The normalized spacial score (nSPS) is 22.6. The van der Waals surface area contributed by atoms with Crippen molar-refractivity contribution < 1.29 is 4.74 Å². The van der Waals surface area contributed by atoms with Gasteiger partial charge in [-0.3, -0.25) is 9.58 Å². The number of hydrogen-bond donors (Lipinski definition) is 0. The lowest BCUT2D eigenvalue weighted by Crippen LogP contribution is -2.37.